The van der Waals surface area contributed by atoms with Crippen LogP contribution < -0.4 is 10.2 Å². The molecule has 0 aromatic carbocycles. The van der Waals surface area contributed by atoms with Gasteiger partial charge in [-0.2, -0.15) is 0 Å². The topological polar surface area (TPSA) is 108 Å². The Morgan fingerprint density at radius 2 is 0.765 bits per heavy atom. The smallest absolute Gasteiger partial charge is 0.268 e. The Morgan fingerprint density at radius 1 is 0.444 bits per heavy atom. The van der Waals surface area contributed by atoms with Crippen molar-refractivity contribution >= 4 is 13.7 Å². The lowest BCUT2D eigenvalue weighted by atomic mass is 10.0. The van der Waals surface area contributed by atoms with Gasteiger partial charge in [0.25, 0.3) is 7.82 Å². The number of rotatable bonds is 56. The van der Waals surface area contributed by atoms with Crippen LogP contribution in [0.1, 0.15) is 226 Å². The molecule has 0 aliphatic heterocycles. The molecule has 458 valence electrons. The Morgan fingerprint density at radius 3 is 1.15 bits per heavy atom. The van der Waals surface area contributed by atoms with E-state index in [1.54, 1.807) is 6.08 Å². The molecule has 0 saturated carbocycles. The Hall–Kier alpha value is -4.14. The zero-order valence-corrected chi connectivity index (χ0v) is 53.1. The minimum atomic E-state index is -4.63. The monoisotopic (exact) mass is 1140 g/mol. The molecule has 0 bridgehead atoms. The number of hydrogen-bond acceptors (Lipinski definition) is 6. The fourth-order valence-electron chi connectivity index (χ4n) is 8.21. The summed E-state index contributed by atoms with van der Waals surface area (Å²) in [5.74, 6) is -0.256. The van der Waals surface area contributed by atoms with Gasteiger partial charge in [-0.25, -0.2) is 0 Å². The third-order valence-corrected chi connectivity index (χ3v) is 14.1. The molecule has 0 spiro atoms. The molecule has 0 aliphatic carbocycles. The second-order valence-corrected chi connectivity index (χ2v) is 23.4. The number of unbranched alkanes of at least 4 members (excludes halogenated alkanes) is 17. The molecule has 1 amide bonds. The number of amides is 1. The summed E-state index contributed by atoms with van der Waals surface area (Å²) in [7, 11) is 1.19. The zero-order chi connectivity index (χ0) is 59.1. The van der Waals surface area contributed by atoms with Gasteiger partial charge >= 0.3 is 0 Å². The highest BCUT2D eigenvalue weighted by molar-refractivity contribution is 7.45. The summed E-state index contributed by atoms with van der Waals surface area (Å²) in [6.07, 6.45) is 96.0. The van der Waals surface area contributed by atoms with E-state index in [0.717, 1.165) is 109 Å². The molecule has 2 N–H and O–H groups in total. The van der Waals surface area contributed by atoms with E-state index in [1.165, 1.54) is 89.9 Å². The van der Waals surface area contributed by atoms with Crippen LogP contribution in [0.4, 0.5) is 0 Å². The molecule has 0 aromatic heterocycles. The number of allylic oxidation sites excluding steroid dienone is 27. The SMILES string of the molecule is CC/C=C\C/C=C\C/C=C\C/C=C\C/C=C\C/C=C\C/C=C\C/C=C\C/C=C\C/C=C\C/C=C\C/C=C\CCCCC(=O)NC(COP(=O)([O-])OCC[N+](C)(C)C)C(O)/C=C/CC/C=C/CCCCCCCCCCCCCCCC. The molecule has 8 nitrogen and oxygen atoms in total. The maximum absolute atomic E-state index is 13.0. The Kier molecular flexibility index (Phi) is 57.4. The lowest BCUT2D eigenvalue weighted by molar-refractivity contribution is -0.870. The van der Waals surface area contributed by atoms with Crippen LogP contribution in [-0.4, -0.2) is 68.5 Å². The van der Waals surface area contributed by atoms with Crippen LogP contribution in [0.15, 0.2) is 170 Å². The fourth-order valence-corrected chi connectivity index (χ4v) is 8.93. The van der Waals surface area contributed by atoms with Gasteiger partial charge in [0.2, 0.25) is 5.91 Å². The molecular formula is C72H119N2O6P. The number of aliphatic hydroxyl groups excluding tert-OH is 1. The minimum absolute atomic E-state index is 0.0242. The number of carbonyl (C=O) groups excluding carboxylic acids is 1. The van der Waals surface area contributed by atoms with E-state index in [4.69, 9.17) is 9.05 Å². The maximum atomic E-state index is 13.0. The summed E-state index contributed by atoms with van der Waals surface area (Å²) < 4.78 is 23.3. The number of quaternary nitrogens is 1. The fraction of sp³-hybridized carbons (Fsp3) is 0.597. The van der Waals surface area contributed by atoms with Crippen LogP contribution in [0.3, 0.4) is 0 Å². The maximum Gasteiger partial charge on any atom is 0.268 e. The van der Waals surface area contributed by atoms with Gasteiger partial charge in [-0.1, -0.05) is 267 Å². The molecule has 0 rings (SSSR count). The molecule has 3 atom stereocenters. The number of aliphatic hydroxyl groups is 1. The molecule has 0 aromatic rings. The predicted octanol–water partition coefficient (Wildman–Crippen LogP) is 19.7. The lowest BCUT2D eigenvalue weighted by Crippen LogP contribution is -2.45. The van der Waals surface area contributed by atoms with Crippen molar-refractivity contribution in [3.63, 3.8) is 0 Å². The van der Waals surface area contributed by atoms with Crippen molar-refractivity contribution in [3.8, 4) is 0 Å². The van der Waals surface area contributed by atoms with Gasteiger partial charge < -0.3 is 28.8 Å². The van der Waals surface area contributed by atoms with Gasteiger partial charge in [-0.3, -0.25) is 9.36 Å². The van der Waals surface area contributed by atoms with Crippen LogP contribution >= 0.6 is 7.82 Å². The molecule has 0 aliphatic rings. The number of nitrogens with zero attached hydrogens (tertiary/aromatic N) is 1. The molecule has 3 unspecified atom stereocenters. The second kappa shape index (κ2) is 60.5. The van der Waals surface area contributed by atoms with E-state index in [9.17, 15) is 19.4 Å². The van der Waals surface area contributed by atoms with Crippen molar-refractivity contribution in [1.29, 1.82) is 0 Å². The summed E-state index contributed by atoms with van der Waals surface area (Å²) in [6, 6.07) is -0.941. The lowest BCUT2D eigenvalue weighted by Gasteiger charge is -2.29. The van der Waals surface area contributed by atoms with E-state index in [0.29, 0.717) is 17.4 Å². The third kappa shape index (κ3) is 63.3. The number of likely N-dealkylation sites (N-methyl/N-ethyl adjacent to an activating group) is 1. The van der Waals surface area contributed by atoms with Crippen molar-refractivity contribution in [2.24, 2.45) is 0 Å². The normalized spacial score (nSPS) is 14.9. The van der Waals surface area contributed by atoms with Crippen LogP contribution in [-0.2, 0) is 18.4 Å². The van der Waals surface area contributed by atoms with Crippen molar-refractivity contribution in [2.45, 2.75) is 238 Å². The van der Waals surface area contributed by atoms with E-state index in [2.05, 4.69) is 177 Å². The van der Waals surface area contributed by atoms with Gasteiger partial charge in [0.05, 0.1) is 39.9 Å². The molecule has 0 saturated heterocycles. The first kappa shape index (κ1) is 76.9. The van der Waals surface area contributed by atoms with Gasteiger partial charge in [-0.05, 0) is 122 Å². The number of phosphoric ester groups is 1. The second-order valence-electron chi connectivity index (χ2n) is 22.0. The van der Waals surface area contributed by atoms with Crippen LogP contribution in [0.5, 0.6) is 0 Å². The van der Waals surface area contributed by atoms with Crippen LogP contribution in [0.25, 0.3) is 0 Å². The molecule has 0 fully saturated rings. The van der Waals surface area contributed by atoms with E-state index in [-0.39, 0.29) is 18.9 Å². The van der Waals surface area contributed by atoms with Crippen molar-refractivity contribution in [2.75, 3.05) is 40.9 Å². The Bertz CT molecular complexity index is 1920. The van der Waals surface area contributed by atoms with E-state index in [1.807, 2.05) is 27.2 Å². The van der Waals surface area contributed by atoms with Gasteiger partial charge in [0.1, 0.15) is 13.2 Å². The first-order valence-corrected chi connectivity index (χ1v) is 33.5. The number of phosphoric acid groups is 1. The van der Waals surface area contributed by atoms with Gasteiger partial charge in [-0.15, -0.1) is 0 Å². The van der Waals surface area contributed by atoms with E-state index < -0.39 is 26.6 Å². The first-order valence-electron chi connectivity index (χ1n) is 32.0. The number of hydrogen-bond donors (Lipinski definition) is 2. The van der Waals surface area contributed by atoms with E-state index >= 15 is 0 Å². The summed E-state index contributed by atoms with van der Waals surface area (Å²) in [4.78, 5) is 25.5. The van der Waals surface area contributed by atoms with Crippen LogP contribution in [0, 0.1) is 0 Å². The highest BCUT2D eigenvalue weighted by Crippen LogP contribution is 2.38. The zero-order valence-electron chi connectivity index (χ0n) is 52.2. The quantitative estimate of drug-likeness (QED) is 0.0272. The average molecular weight is 1140 g/mol. The van der Waals surface area contributed by atoms with Crippen molar-refractivity contribution < 1.29 is 32.9 Å². The predicted molar refractivity (Wildman–Crippen MR) is 352 cm³/mol. The summed E-state index contributed by atoms with van der Waals surface area (Å²) >= 11 is 0. The first-order chi connectivity index (χ1) is 39.5. The van der Waals surface area contributed by atoms with Gasteiger partial charge in [0, 0.05) is 6.42 Å². The number of nitrogens with one attached hydrogen (secondary N) is 1. The number of carbonyl (C=O) groups is 1. The highest BCUT2D eigenvalue weighted by atomic mass is 31.2. The average Bonchev–Trinajstić information content (AvgIpc) is 3.43. The summed E-state index contributed by atoms with van der Waals surface area (Å²) in [5, 5.41) is 13.8. The summed E-state index contributed by atoms with van der Waals surface area (Å²) in [5.41, 5.74) is 0. The highest BCUT2D eigenvalue weighted by Gasteiger charge is 2.23. The Balaban J connectivity index is 4.31. The molecule has 81 heavy (non-hydrogen) atoms. The minimum Gasteiger partial charge on any atom is -0.756 e. The molecule has 0 radical (unpaired) electrons. The third-order valence-electron chi connectivity index (χ3n) is 13.2. The largest absolute Gasteiger partial charge is 0.756 e. The molecule has 9 heteroatoms. The van der Waals surface area contributed by atoms with Crippen molar-refractivity contribution in [1.82, 2.24) is 5.32 Å². The Labute approximate surface area is 498 Å². The van der Waals surface area contributed by atoms with Crippen molar-refractivity contribution in [3.05, 3.63) is 170 Å². The standard InChI is InChI=1S/C72H119N2O6P/c1-6-8-10-12-14-16-18-20-22-24-26-28-29-30-31-32-33-34-35-36-37-38-39-40-41-42-43-44-45-46-48-50-52-54-56-58-60-62-64-66-72(76)73-70(69-80-81(77,78)79-68-67-74(3,4)5)71(75)65-63-61-59-57-55-53-51-49-47-27-25-23-21-19-17-15-13-11-9-7-2/h8,10,14,16,20,22,26,28,30-31,33-34,36-37,39-40,42-43,45-46,50,52,55-58,63,65,70-71,75H,6-7,9,11-13,15,17-19,21,23-25,27,29,32,35,38,41,44,47-49,51,53-54,59-62,64,66-69H2,1-5H3,(H-,73,76,77,78)/b10-8-,16-14-,22-20-,28-26-,31-30-,34-33-,37-36-,40-39-,43-42-,46-45-,52-50-,57-55+,58-56-,65-63+. The summed E-state index contributed by atoms with van der Waals surface area (Å²) in [6.45, 7) is 4.47. The van der Waals surface area contributed by atoms with Crippen LogP contribution in [0.2, 0.25) is 0 Å². The van der Waals surface area contributed by atoms with Gasteiger partial charge in [0.15, 0.2) is 0 Å². The molecular weight excluding hydrogens is 1020 g/mol. The molecule has 0 heterocycles.